The highest BCUT2D eigenvalue weighted by Crippen LogP contribution is 2.33. The van der Waals surface area contributed by atoms with E-state index in [1.165, 1.54) is 69.9 Å². The van der Waals surface area contributed by atoms with Gasteiger partial charge in [0.25, 0.3) is 5.91 Å². The smallest absolute Gasteiger partial charge is 0.255 e. The summed E-state index contributed by atoms with van der Waals surface area (Å²) in [6, 6.07) is 13.3. The molecule has 6 heteroatoms. The molecule has 0 saturated heterocycles. The molecule has 0 bridgehead atoms. The zero-order valence-corrected chi connectivity index (χ0v) is 24.8. The minimum Gasteiger partial charge on any atom is -0.490 e. The van der Waals surface area contributed by atoms with Gasteiger partial charge in [0.1, 0.15) is 0 Å². The average molecular weight is 557 g/mol. The van der Waals surface area contributed by atoms with Crippen LogP contribution in [0.4, 0.5) is 5.69 Å². The van der Waals surface area contributed by atoms with Gasteiger partial charge in [0.05, 0.1) is 23.2 Å². The molecule has 0 aromatic heterocycles. The Kier molecular flexibility index (Phi) is 14.0. The fourth-order valence-electron chi connectivity index (χ4n) is 4.69. The van der Waals surface area contributed by atoms with E-state index in [1.54, 1.807) is 17.8 Å². The highest BCUT2D eigenvalue weighted by Gasteiger charge is 2.15. The van der Waals surface area contributed by atoms with Gasteiger partial charge in [-0.3, -0.25) is 4.79 Å². The van der Waals surface area contributed by atoms with Crippen molar-refractivity contribution in [3.63, 3.8) is 0 Å². The van der Waals surface area contributed by atoms with Crippen LogP contribution in [0.5, 0.6) is 5.75 Å². The van der Waals surface area contributed by atoms with Crippen molar-refractivity contribution in [2.45, 2.75) is 97.4 Å². The lowest BCUT2D eigenvalue weighted by Crippen LogP contribution is -2.18. The Bertz CT molecular complexity index is 1030. The molecule has 0 radical (unpaired) electrons. The summed E-state index contributed by atoms with van der Waals surface area (Å²) in [4.78, 5) is 15.4. The van der Waals surface area contributed by atoms with Crippen LogP contribution >= 0.6 is 23.4 Å². The number of hydrogen-bond acceptors (Lipinski definition) is 4. The number of para-hydroxylation sites is 1. The second-order valence-corrected chi connectivity index (χ2v) is 11.5. The molecule has 0 atom stereocenters. The molecule has 1 aliphatic heterocycles. The molecule has 2 aromatic carbocycles. The van der Waals surface area contributed by atoms with Crippen molar-refractivity contribution in [1.29, 1.82) is 0 Å². The van der Waals surface area contributed by atoms with Gasteiger partial charge >= 0.3 is 0 Å². The number of anilines is 1. The summed E-state index contributed by atoms with van der Waals surface area (Å²) in [6.45, 7) is 5.78. The monoisotopic (exact) mass is 556 g/mol. The number of hydrogen-bond donors (Lipinski definition) is 1. The summed E-state index contributed by atoms with van der Waals surface area (Å²) in [5.74, 6) is 1.34. The summed E-state index contributed by atoms with van der Waals surface area (Å²) in [5, 5.41) is 5.71. The van der Waals surface area contributed by atoms with Crippen LogP contribution in [0.2, 0.25) is 5.02 Å². The van der Waals surface area contributed by atoms with Crippen LogP contribution in [0.25, 0.3) is 0 Å². The highest BCUT2D eigenvalue weighted by molar-refractivity contribution is 8.02. The Morgan fingerprint density at radius 1 is 0.947 bits per heavy atom. The number of allylic oxidation sites excluding steroid dienone is 1. The molecular weight excluding hydrogens is 512 g/mol. The third-order valence-electron chi connectivity index (χ3n) is 7.01. The summed E-state index contributed by atoms with van der Waals surface area (Å²) >= 11 is 8.25. The largest absolute Gasteiger partial charge is 0.490 e. The van der Waals surface area contributed by atoms with E-state index in [9.17, 15) is 4.79 Å². The fraction of sp³-hybridized carbons (Fsp3) is 0.531. The van der Waals surface area contributed by atoms with E-state index in [0.29, 0.717) is 28.6 Å². The quantitative estimate of drug-likeness (QED) is 0.185. The van der Waals surface area contributed by atoms with E-state index in [0.717, 1.165) is 30.8 Å². The lowest BCUT2D eigenvalue weighted by atomic mass is 10.1. The van der Waals surface area contributed by atoms with Crippen molar-refractivity contribution in [2.24, 2.45) is 0 Å². The molecule has 1 N–H and O–H groups in total. The first-order valence-corrected chi connectivity index (χ1v) is 15.9. The number of unbranched alkanes of at least 4 members (excludes halogenated alkanes) is 11. The van der Waals surface area contributed by atoms with Crippen LogP contribution in [0.3, 0.4) is 0 Å². The van der Waals surface area contributed by atoms with Gasteiger partial charge in [-0.2, -0.15) is 0 Å². The number of rotatable bonds is 18. The van der Waals surface area contributed by atoms with Crippen molar-refractivity contribution >= 4 is 35.0 Å². The van der Waals surface area contributed by atoms with Crippen molar-refractivity contribution in [2.75, 3.05) is 17.8 Å². The normalized spacial score (nSPS) is 13.0. The van der Waals surface area contributed by atoms with Crippen LogP contribution in [-0.4, -0.2) is 23.3 Å². The van der Waals surface area contributed by atoms with Gasteiger partial charge in [0, 0.05) is 17.8 Å². The number of ether oxygens (including phenoxy) is 1. The maximum Gasteiger partial charge on any atom is 0.255 e. The van der Waals surface area contributed by atoms with Gasteiger partial charge < -0.3 is 15.0 Å². The molecule has 1 aliphatic rings. The predicted molar refractivity (Wildman–Crippen MR) is 164 cm³/mol. The second kappa shape index (κ2) is 17.5. The number of thioether (sulfide) groups is 1. The van der Waals surface area contributed by atoms with Crippen molar-refractivity contribution in [3.05, 3.63) is 69.7 Å². The maximum atomic E-state index is 13.1. The zero-order valence-electron chi connectivity index (χ0n) is 23.3. The Hall–Kier alpha value is -2.11. The summed E-state index contributed by atoms with van der Waals surface area (Å²) in [6.07, 6.45) is 15.7. The highest BCUT2D eigenvalue weighted by atomic mass is 35.5. The summed E-state index contributed by atoms with van der Waals surface area (Å²) in [7, 11) is 0. The first kappa shape index (κ1) is 30.4. The number of halogens is 1. The molecule has 3 rings (SSSR count). The topological polar surface area (TPSA) is 41.6 Å². The van der Waals surface area contributed by atoms with E-state index in [4.69, 9.17) is 16.3 Å². The van der Waals surface area contributed by atoms with Crippen molar-refractivity contribution < 1.29 is 9.53 Å². The first-order chi connectivity index (χ1) is 18.6. The van der Waals surface area contributed by atoms with E-state index >= 15 is 0 Å². The number of amides is 1. The minimum atomic E-state index is -0.160. The molecule has 2 aromatic rings. The van der Waals surface area contributed by atoms with Crippen molar-refractivity contribution in [1.82, 2.24) is 4.90 Å². The van der Waals surface area contributed by atoms with Crippen LogP contribution in [0, 0.1) is 0 Å². The Balaban J connectivity index is 1.39. The minimum absolute atomic E-state index is 0.160. The van der Waals surface area contributed by atoms with E-state index in [-0.39, 0.29) is 5.91 Å². The number of benzene rings is 2. The van der Waals surface area contributed by atoms with E-state index < -0.39 is 0 Å². The summed E-state index contributed by atoms with van der Waals surface area (Å²) < 4.78 is 6.06. The Labute approximate surface area is 239 Å². The third-order valence-corrected chi connectivity index (χ3v) is 8.27. The van der Waals surface area contributed by atoms with Gasteiger partial charge in [-0.05, 0) is 48.6 Å². The van der Waals surface area contributed by atoms with Gasteiger partial charge in [-0.25, -0.2) is 0 Å². The van der Waals surface area contributed by atoms with E-state index in [2.05, 4.69) is 35.5 Å². The van der Waals surface area contributed by atoms with Gasteiger partial charge in [0.2, 0.25) is 0 Å². The molecule has 208 valence electrons. The van der Waals surface area contributed by atoms with Crippen molar-refractivity contribution in [3.8, 4) is 5.75 Å². The fourth-order valence-corrected chi connectivity index (χ4v) is 5.86. The molecule has 1 amide bonds. The maximum absolute atomic E-state index is 13.1. The number of carbonyl (C=O) groups excluding carboxylic acids is 1. The second-order valence-electron chi connectivity index (χ2n) is 10.3. The van der Waals surface area contributed by atoms with E-state index in [1.807, 2.05) is 30.3 Å². The van der Waals surface area contributed by atoms with Crippen LogP contribution in [0.15, 0.2) is 53.6 Å². The molecule has 4 nitrogen and oxygen atoms in total. The molecule has 38 heavy (non-hydrogen) atoms. The zero-order chi connectivity index (χ0) is 27.0. The molecule has 1 heterocycles. The first-order valence-electron chi connectivity index (χ1n) is 14.4. The Morgan fingerprint density at radius 2 is 1.61 bits per heavy atom. The summed E-state index contributed by atoms with van der Waals surface area (Å²) in [5.41, 5.74) is 3.62. The molecule has 0 saturated carbocycles. The lowest BCUT2D eigenvalue weighted by Gasteiger charge is -2.19. The number of nitrogens with zero attached hydrogens (tertiary/aromatic N) is 1. The molecule has 0 spiro atoms. The van der Waals surface area contributed by atoms with Gasteiger partial charge in [-0.15, -0.1) is 11.8 Å². The molecule has 0 unspecified atom stereocenters. The Morgan fingerprint density at radius 3 is 2.26 bits per heavy atom. The molecule has 0 aliphatic carbocycles. The van der Waals surface area contributed by atoms with Gasteiger partial charge in [0.15, 0.2) is 5.75 Å². The standard InChI is InChI=1S/C32H45ClN2O2S/c1-3-4-5-6-7-8-9-10-11-12-13-14-21-37-31-29(33)19-16-20-30(31)34-32(36)28-18-15-17-27(22-28)23-35-25-38-24-26(35)2/h15-20,22,24H,3-14,21,23,25H2,1-2H3,(H,34,36). The van der Waals surface area contributed by atoms with Crippen LogP contribution in [0.1, 0.15) is 107 Å². The van der Waals surface area contributed by atoms with Crippen LogP contribution < -0.4 is 10.1 Å². The number of carbonyl (C=O) groups is 1. The third kappa shape index (κ3) is 10.6. The molecule has 0 fully saturated rings. The number of nitrogens with one attached hydrogen (secondary N) is 1. The lowest BCUT2D eigenvalue weighted by molar-refractivity contribution is 0.102. The van der Waals surface area contributed by atoms with Crippen LogP contribution in [-0.2, 0) is 6.54 Å². The average Bonchev–Trinajstić information content (AvgIpc) is 3.32. The SMILES string of the molecule is CCCCCCCCCCCCCCOc1c(Cl)cccc1NC(=O)c1cccc(CN2CSC=C2C)c1. The van der Waals surface area contributed by atoms with Gasteiger partial charge in [-0.1, -0.05) is 107 Å². The predicted octanol–water partition coefficient (Wildman–Crippen LogP) is 10.0. The molecular formula is C32H45ClN2O2S.